The van der Waals surface area contributed by atoms with Crippen LogP contribution in [0.15, 0.2) is 58.4 Å². The van der Waals surface area contributed by atoms with E-state index in [0.717, 1.165) is 5.56 Å². The third-order valence-electron chi connectivity index (χ3n) is 4.04. The zero-order valence-corrected chi connectivity index (χ0v) is 17.0. The number of carbonyl (C=O) groups is 3. The van der Waals surface area contributed by atoms with Crippen LogP contribution in [0.4, 0.5) is 5.69 Å². The standard InChI is InChI=1S/C21H18N2O6S/c1-23-19(26)17(10-13-6-8-16(9-7-13)29-12-18(24)25)30-21(23)22-15-5-3-4-14(11-15)20(27)28-2/h3-11H,12H2,1-2H3,(H,24,25). The van der Waals surface area contributed by atoms with Gasteiger partial charge in [-0.1, -0.05) is 18.2 Å². The molecule has 9 heteroatoms. The lowest BCUT2D eigenvalue weighted by Crippen LogP contribution is -2.23. The molecule has 0 spiro atoms. The highest BCUT2D eigenvalue weighted by molar-refractivity contribution is 8.18. The number of carboxylic acids is 1. The summed E-state index contributed by atoms with van der Waals surface area (Å²) in [6, 6.07) is 13.4. The van der Waals surface area contributed by atoms with Gasteiger partial charge in [0.2, 0.25) is 0 Å². The Morgan fingerprint density at radius 2 is 1.93 bits per heavy atom. The summed E-state index contributed by atoms with van der Waals surface area (Å²) in [7, 11) is 2.93. The van der Waals surface area contributed by atoms with Gasteiger partial charge in [0.1, 0.15) is 5.75 Å². The number of amides is 1. The first kappa shape index (κ1) is 21.1. The van der Waals surface area contributed by atoms with Crippen LogP contribution in [0, 0.1) is 0 Å². The number of esters is 1. The lowest BCUT2D eigenvalue weighted by Gasteiger charge is -2.07. The molecule has 1 aliphatic heterocycles. The molecular formula is C21H18N2O6S. The number of carbonyl (C=O) groups excluding carboxylic acids is 2. The number of carboxylic acid groups (broad SMARTS) is 1. The van der Waals surface area contributed by atoms with Gasteiger partial charge in [0, 0.05) is 7.05 Å². The van der Waals surface area contributed by atoms with Crippen molar-refractivity contribution in [3.63, 3.8) is 0 Å². The van der Waals surface area contributed by atoms with Crippen LogP contribution in [0.1, 0.15) is 15.9 Å². The van der Waals surface area contributed by atoms with Gasteiger partial charge in [0.05, 0.1) is 23.3 Å². The minimum absolute atomic E-state index is 0.200. The van der Waals surface area contributed by atoms with Gasteiger partial charge in [-0.25, -0.2) is 14.6 Å². The van der Waals surface area contributed by atoms with Crippen molar-refractivity contribution in [2.45, 2.75) is 0 Å². The van der Waals surface area contributed by atoms with Crippen LogP contribution in [-0.2, 0) is 14.3 Å². The van der Waals surface area contributed by atoms with Crippen molar-refractivity contribution in [2.75, 3.05) is 20.8 Å². The van der Waals surface area contributed by atoms with Crippen molar-refractivity contribution < 1.29 is 29.0 Å². The normalized spacial score (nSPS) is 16.2. The largest absolute Gasteiger partial charge is 0.482 e. The van der Waals surface area contributed by atoms with E-state index in [0.29, 0.717) is 27.1 Å². The monoisotopic (exact) mass is 426 g/mol. The number of aliphatic imine (C=N–C) groups is 1. The van der Waals surface area contributed by atoms with E-state index in [9.17, 15) is 14.4 Å². The van der Waals surface area contributed by atoms with E-state index in [4.69, 9.17) is 14.6 Å². The van der Waals surface area contributed by atoms with Crippen molar-refractivity contribution in [3.05, 3.63) is 64.6 Å². The van der Waals surface area contributed by atoms with Crippen molar-refractivity contribution in [1.29, 1.82) is 0 Å². The predicted molar refractivity (Wildman–Crippen MR) is 113 cm³/mol. The van der Waals surface area contributed by atoms with Crippen LogP contribution in [0.5, 0.6) is 5.75 Å². The molecule has 2 aromatic rings. The van der Waals surface area contributed by atoms with E-state index in [1.165, 1.54) is 23.8 Å². The molecule has 0 aromatic heterocycles. The van der Waals surface area contributed by atoms with E-state index < -0.39 is 18.5 Å². The maximum atomic E-state index is 12.6. The number of ether oxygens (including phenoxy) is 2. The number of aliphatic carboxylic acids is 1. The zero-order valence-electron chi connectivity index (χ0n) is 16.2. The second-order valence-corrected chi connectivity index (χ2v) is 7.17. The number of hydrogen-bond donors (Lipinski definition) is 1. The lowest BCUT2D eigenvalue weighted by atomic mass is 10.2. The Balaban J connectivity index is 1.78. The fourth-order valence-electron chi connectivity index (χ4n) is 2.54. The van der Waals surface area contributed by atoms with Gasteiger partial charge in [-0.2, -0.15) is 0 Å². The molecule has 0 unspecified atom stereocenters. The smallest absolute Gasteiger partial charge is 0.341 e. The summed E-state index contributed by atoms with van der Waals surface area (Å²) in [5.41, 5.74) is 1.66. The quantitative estimate of drug-likeness (QED) is 0.559. The number of benzene rings is 2. The summed E-state index contributed by atoms with van der Waals surface area (Å²) in [6.07, 6.45) is 1.72. The molecule has 2 aromatic carbocycles. The van der Waals surface area contributed by atoms with Crippen LogP contribution >= 0.6 is 11.8 Å². The van der Waals surface area contributed by atoms with Crippen LogP contribution in [0.25, 0.3) is 6.08 Å². The second-order valence-electron chi connectivity index (χ2n) is 6.16. The molecule has 0 saturated carbocycles. The number of hydrogen-bond acceptors (Lipinski definition) is 7. The Morgan fingerprint density at radius 3 is 2.60 bits per heavy atom. The van der Waals surface area contributed by atoms with Crippen molar-refractivity contribution in [1.82, 2.24) is 4.90 Å². The van der Waals surface area contributed by atoms with E-state index in [1.807, 2.05) is 0 Å². The number of amidine groups is 1. The molecule has 0 radical (unpaired) electrons. The summed E-state index contributed by atoms with van der Waals surface area (Å²) in [5.74, 6) is -1.29. The molecular weight excluding hydrogens is 408 g/mol. The maximum absolute atomic E-state index is 12.6. The van der Waals surface area contributed by atoms with Gasteiger partial charge < -0.3 is 14.6 Å². The second kappa shape index (κ2) is 9.27. The molecule has 0 atom stereocenters. The molecule has 1 saturated heterocycles. The third-order valence-corrected chi connectivity index (χ3v) is 5.10. The topological polar surface area (TPSA) is 106 Å². The first-order chi connectivity index (χ1) is 14.4. The fraction of sp³-hybridized carbons (Fsp3) is 0.143. The highest BCUT2D eigenvalue weighted by atomic mass is 32.2. The zero-order chi connectivity index (χ0) is 21.7. The number of methoxy groups -OCH3 is 1. The van der Waals surface area contributed by atoms with Crippen LogP contribution in [0.2, 0.25) is 0 Å². The highest BCUT2D eigenvalue weighted by Gasteiger charge is 2.30. The van der Waals surface area contributed by atoms with Crippen LogP contribution in [-0.4, -0.2) is 53.8 Å². The number of rotatable bonds is 6. The SMILES string of the molecule is COC(=O)c1cccc(N=C2SC(=Cc3ccc(OCC(=O)O)cc3)C(=O)N2C)c1. The first-order valence-electron chi connectivity index (χ1n) is 8.76. The molecule has 154 valence electrons. The van der Waals surface area contributed by atoms with Gasteiger partial charge in [-0.15, -0.1) is 0 Å². The van der Waals surface area contributed by atoms with Gasteiger partial charge in [0.15, 0.2) is 11.8 Å². The summed E-state index contributed by atoms with van der Waals surface area (Å²) in [5, 5.41) is 9.13. The molecule has 1 fully saturated rings. The van der Waals surface area contributed by atoms with Gasteiger partial charge in [0.25, 0.3) is 5.91 Å². The van der Waals surface area contributed by atoms with Crippen LogP contribution in [0.3, 0.4) is 0 Å². The molecule has 1 N–H and O–H groups in total. The molecule has 3 rings (SSSR count). The minimum atomic E-state index is -1.05. The Kier molecular flexibility index (Phi) is 6.53. The molecule has 0 aliphatic carbocycles. The maximum Gasteiger partial charge on any atom is 0.341 e. The molecule has 8 nitrogen and oxygen atoms in total. The Bertz CT molecular complexity index is 1050. The Labute approximate surface area is 176 Å². The molecule has 1 aliphatic rings. The molecule has 30 heavy (non-hydrogen) atoms. The number of nitrogens with zero attached hydrogens (tertiary/aromatic N) is 2. The average Bonchev–Trinajstić information content (AvgIpc) is 3.00. The van der Waals surface area contributed by atoms with Crippen LogP contribution < -0.4 is 4.74 Å². The summed E-state index contributed by atoms with van der Waals surface area (Å²) in [6.45, 7) is -0.420. The van der Waals surface area contributed by atoms with Gasteiger partial charge in [-0.3, -0.25) is 9.69 Å². The van der Waals surface area contributed by atoms with Crippen molar-refractivity contribution >= 4 is 46.5 Å². The summed E-state index contributed by atoms with van der Waals surface area (Å²) >= 11 is 1.22. The van der Waals surface area contributed by atoms with Gasteiger partial charge >= 0.3 is 11.9 Å². The molecule has 1 heterocycles. The predicted octanol–water partition coefficient (Wildman–Crippen LogP) is 3.17. The number of likely N-dealkylation sites (N-methyl/N-ethyl adjacent to an activating group) is 1. The number of thioether (sulfide) groups is 1. The molecule has 1 amide bonds. The van der Waals surface area contributed by atoms with E-state index in [2.05, 4.69) is 4.99 Å². The molecule has 0 bridgehead atoms. The fourth-order valence-corrected chi connectivity index (χ4v) is 3.53. The lowest BCUT2D eigenvalue weighted by molar-refractivity contribution is -0.139. The summed E-state index contributed by atoms with van der Waals surface area (Å²) < 4.78 is 9.81. The van der Waals surface area contributed by atoms with Crippen molar-refractivity contribution in [3.8, 4) is 5.75 Å². The average molecular weight is 426 g/mol. The first-order valence-corrected chi connectivity index (χ1v) is 9.58. The Hall–Kier alpha value is -3.59. The van der Waals surface area contributed by atoms with E-state index in [-0.39, 0.29) is 5.91 Å². The van der Waals surface area contributed by atoms with E-state index in [1.54, 1.807) is 61.7 Å². The van der Waals surface area contributed by atoms with Crippen molar-refractivity contribution in [2.24, 2.45) is 4.99 Å². The third kappa shape index (κ3) is 5.06. The minimum Gasteiger partial charge on any atom is -0.482 e. The Morgan fingerprint density at radius 1 is 1.20 bits per heavy atom. The highest BCUT2D eigenvalue weighted by Crippen LogP contribution is 2.33. The summed E-state index contributed by atoms with van der Waals surface area (Å²) in [4.78, 5) is 41.2. The van der Waals surface area contributed by atoms with Gasteiger partial charge in [-0.05, 0) is 53.7 Å². The van der Waals surface area contributed by atoms with E-state index >= 15 is 0 Å².